The van der Waals surface area contributed by atoms with E-state index in [2.05, 4.69) is 5.32 Å². The number of nitrogens with zero attached hydrogens (tertiary/aromatic N) is 1. The minimum absolute atomic E-state index is 0.280. The fraction of sp³-hybridized carbons (Fsp3) is 0.500. The van der Waals surface area contributed by atoms with E-state index >= 15 is 0 Å². The van der Waals surface area contributed by atoms with Crippen molar-refractivity contribution in [3.8, 4) is 0 Å². The van der Waals surface area contributed by atoms with Crippen molar-refractivity contribution < 1.29 is 17.9 Å². The molecule has 1 aliphatic rings. The normalized spacial score (nSPS) is 19.6. The predicted octanol–water partition coefficient (Wildman–Crippen LogP) is 1.20. The summed E-state index contributed by atoms with van der Waals surface area (Å²) < 4.78 is 29.6. The highest BCUT2D eigenvalue weighted by Gasteiger charge is 2.36. The Morgan fingerprint density at radius 2 is 2.05 bits per heavy atom. The largest absolute Gasteiger partial charge is 0.380 e. The first kappa shape index (κ1) is 15.9. The zero-order chi connectivity index (χ0) is 15.5. The monoisotopic (exact) mass is 312 g/mol. The van der Waals surface area contributed by atoms with Crippen LogP contribution in [0.4, 0.5) is 5.69 Å². The van der Waals surface area contributed by atoms with E-state index in [0.29, 0.717) is 31.7 Å². The number of sulfonamides is 1. The van der Waals surface area contributed by atoms with Crippen molar-refractivity contribution in [2.45, 2.75) is 25.5 Å². The lowest BCUT2D eigenvalue weighted by Crippen LogP contribution is -2.42. The lowest BCUT2D eigenvalue weighted by Gasteiger charge is -2.21. The first-order chi connectivity index (χ1) is 9.91. The van der Waals surface area contributed by atoms with Crippen LogP contribution in [-0.2, 0) is 26.2 Å². The average Bonchev–Trinajstić information content (AvgIpc) is 2.90. The SMILES string of the molecule is COCc1ccc(NC(=O)C2CCCN2S(C)(=O)=O)cc1. The van der Waals surface area contributed by atoms with Crippen LogP contribution >= 0.6 is 0 Å². The number of methoxy groups -OCH3 is 1. The topological polar surface area (TPSA) is 75.7 Å². The summed E-state index contributed by atoms with van der Waals surface area (Å²) >= 11 is 0. The molecule has 0 radical (unpaired) electrons. The molecule has 21 heavy (non-hydrogen) atoms. The van der Waals surface area contributed by atoms with Gasteiger partial charge in [-0.2, -0.15) is 4.31 Å². The predicted molar refractivity (Wildman–Crippen MR) is 80.4 cm³/mol. The molecule has 116 valence electrons. The van der Waals surface area contributed by atoms with Gasteiger partial charge in [-0.3, -0.25) is 4.79 Å². The van der Waals surface area contributed by atoms with Crippen LogP contribution in [0.25, 0.3) is 0 Å². The van der Waals surface area contributed by atoms with Gasteiger partial charge in [-0.15, -0.1) is 0 Å². The molecule has 0 aromatic heterocycles. The Bertz CT molecular complexity index is 598. The summed E-state index contributed by atoms with van der Waals surface area (Å²) in [6.45, 7) is 0.919. The number of amides is 1. The molecule has 6 nitrogen and oxygen atoms in total. The van der Waals surface area contributed by atoms with Gasteiger partial charge in [0.25, 0.3) is 0 Å². The summed E-state index contributed by atoms with van der Waals surface area (Å²) in [6.07, 6.45) is 2.40. The molecule has 1 aromatic carbocycles. The lowest BCUT2D eigenvalue weighted by atomic mass is 10.2. The molecule has 1 unspecified atom stereocenters. The summed E-state index contributed by atoms with van der Waals surface area (Å²) in [5.74, 6) is -0.280. The maximum Gasteiger partial charge on any atom is 0.242 e. The molecule has 1 amide bonds. The quantitative estimate of drug-likeness (QED) is 0.886. The average molecular weight is 312 g/mol. The number of carbonyl (C=O) groups is 1. The molecule has 0 bridgehead atoms. The lowest BCUT2D eigenvalue weighted by molar-refractivity contribution is -0.119. The van der Waals surface area contributed by atoms with Crippen molar-refractivity contribution in [2.75, 3.05) is 25.2 Å². The fourth-order valence-electron chi connectivity index (χ4n) is 2.48. The number of anilines is 1. The highest BCUT2D eigenvalue weighted by atomic mass is 32.2. The third-order valence-corrected chi connectivity index (χ3v) is 4.75. The standard InChI is InChI=1S/C14H20N2O4S/c1-20-10-11-5-7-12(8-6-11)15-14(17)13-4-3-9-16(13)21(2,18)19/h5-8,13H,3-4,9-10H2,1-2H3,(H,15,17). The van der Waals surface area contributed by atoms with Gasteiger partial charge in [0.05, 0.1) is 12.9 Å². The second-order valence-corrected chi connectivity index (χ2v) is 7.09. The molecule has 1 saturated heterocycles. The van der Waals surface area contributed by atoms with Crippen molar-refractivity contribution >= 4 is 21.6 Å². The zero-order valence-corrected chi connectivity index (χ0v) is 13.0. The maximum absolute atomic E-state index is 12.2. The molecule has 1 N–H and O–H groups in total. The van der Waals surface area contributed by atoms with Crippen molar-refractivity contribution in [1.29, 1.82) is 0 Å². The Morgan fingerprint density at radius 3 is 2.62 bits per heavy atom. The molecule has 1 heterocycles. The van der Waals surface area contributed by atoms with Crippen molar-refractivity contribution in [2.24, 2.45) is 0 Å². The Morgan fingerprint density at radius 1 is 1.38 bits per heavy atom. The van der Waals surface area contributed by atoms with Gasteiger partial charge < -0.3 is 10.1 Å². The Kier molecular flexibility index (Phi) is 4.97. The van der Waals surface area contributed by atoms with Crippen molar-refractivity contribution in [3.05, 3.63) is 29.8 Å². The first-order valence-corrected chi connectivity index (χ1v) is 8.62. The van der Waals surface area contributed by atoms with Crippen LogP contribution < -0.4 is 5.32 Å². The second kappa shape index (κ2) is 6.55. The zero-order valence-electron chi connectivity index (χ0n) is 12.2. The fourth-order valence-corrected chi connectivity index (χ4v) is 3.60. The van der Waals surface area contributed by atoms with Crippen LogP contribution in [-0.4, -0.2) is 44.6 Å². The molecular weight excluding hydrogens is 292 g/mol. The van der Waals surface area contributed by atoms with E-state index in [9.17, 15) is 13.2 Å². The van der Waals surface area contributed by atoms with E-state index < -0.39 is 16.1 Å². The number of hydrogen-bond acceptors (Lipinski definition) is 4. The van der Waals surface area contributed by atoms with Crippen molar-refractivity contribution in [3.63, 3.8) is 0 Å². The molecule has 1 atom stereocenters. The number of hydrogen-bond donors (Lipinski definition) is 1. The molecule has 7 heteroatoms. The molecule has 1 aliphatic heterocycles. The van der Waals surface area contributed by atoms with Gasteiger partial charge in [0.2, 0.25) is 15.9 Å². The van der Waals surface area contributed by atoms with E-state index in [0.717, 1.165) is 11.8 Å². The molecule has 0 saturated carbocycles. The van der Waals surface area contributed by atoms with Gasteiger partial charge >= 0.3 is 0 Å². The molecule has 1 fully saturated rings. The van der Waals surface area contributed by atoms with Crippen LogP contribution in [0.5, 0.6) is 0 Å². The van der Waals surface area contributed by atoms with Crippen LogP contribution in [0.2, 0.25) is 0 Å². The second-order valence-electron chi connectivity index (χ2n) is 5.15. The van der Waals surface area contributed by atoms with Crippen LogP contribution in [0, 0.1) is 0 Å². The van der Waals surface area contributed by atoms with Crippen LogP contribution in [0.15, 0.2) is 24.3 Å². The molecular formula is C14H20N2O4S. The minimum atomic E-state index is -3.35. The van der Waals surface area contributed by atoms with Gasteiger partial charge in [-0.1, -0.05) is 12.1 Å². The molecule has 0 aliphatic carbocycles. The molecule has 0 spiro atoms. The van der Waals surface area contributed by atoms with Gasteiger partial charge in [0.1, 0.15) is 6.04 Å². The van der Waals surface area contributed by atoms with Gasteiger partial charge in [-0.05, 0) is 30.5 Å². The van der Waals surface area contributed by atoms with E-state index in [1.165, 1.54) is 4.31 Å². The van der Waals surface area contributed by atoms with E-state index in [1.807, 2.05) is 12.1 Å². The van der Waals surface area contributed by atoms with Gasteiger partial charge in [0.15, 0.2) is 0 Å². The number of ether oxygens (including phenoxy) is 1. The van der Waals surface area contributed by atoms with Crippen molar-refractivity contribution in [1.82, 2.24) is 4.31 Å². The smallest absolute Gasteiger partial charge is 0.242 e. The highest BCUT2D eigenvalue weighted by molar-refractivity contribution is 7.88. The van der Waals surface area contributed by atoms with Gasteiger partial charge in [-0.25, -0.2) is 8.42 Å². The Labute approximate surface area is 125 Å². The van der Waals surface area contributed by atoms with Crippen LogP contribution in [0.1, 0.15) is 18.4 Å². The van der Waals surface area contributed by atoms with Gasteiger partial charge in [0, 0.05) is 19.3 Å². The number of benzene rings is 1. The minimum Gasteiger partial charge on any atom is -0.380 e. The number of rotatable bonds is 5. The number of carbonyl (C=O) groups excluding carboxylic acids is 1. The van der Waals surface area contributed by atoms with Crippen LogP contribution in [0.3, 0.4) is 0 Å². The first-order valence-electron chi connectivity index (χ1n) is 6.77. The summed E-state index contributed by atoms with van der Waals surface area (Å²) in [5, 5.41) is 2.77. The summed E-state index contributed by atoms with van der Waals surface area (Å²) in [5.41, 5.74) is 1.66. The van der Waals surface area contributed by atoms with E-state index in [-0.39, 0.29) is 5.91 Å². The molecule has 2 rings (SSSR count). The maximum atomic E-state index is 12.2. The summed E-state index contributed by atoms with van der Waals surface area (Å²) in [7, 11) is -1.73. The third-order valence-electron chi connectivity index (χ3n) is 3.46. The Hall–Kier alpha value is -1.44. The van der Waals surface area contributed by atoms with E-state index in [1.54, 1.807) is 19.2 Å². The summed E-state index contributed by atoms with van der Waals surface area (Å²) in [4.78, 5) is 12.2. The number of nitrogens with one attached hydrogen (secondary N) is 1. The molecule has 1 aromatic rings. The third kappa shape index (κ3) is 4.03. The van der Waals surface area contributed by atoms with E-state index in [4.69, 9.17) is 4.74 Å². The Balaban J connectivity index is 2.04. The highest BCUT2D eigenvalue weighted by Crippen LogP contribution is 2.22. The summed E-state index contributed by atoms with van der Waals surface area (Å²) in [6, 6.07) is 6.68.